The van der Waals surface area contributed by atoms with Crippen LogP contribution in [0.1, 0.15) is 99.6 Å². The van der Waals surface area contributed by atoms with Gasteiger partial charge < -0.3 is 0 Å². The molecule has 34 heavy (non-hydrogen) atoms. The zero-order chi connectivity index (χ0) is 23.7. The van der Waals surface area contributed by atoms with Crippen LogP contribution < -0.4 is 0 Å². The van der Waals surface area contributed by atoms with Crippen LogP contribution in [-0.4, -0.2) is 8.75 Å². The van der Waals surface area contributed by atoms with E-state index in [2.05, 4.69) is 56.3 Å². The van der Waals surface area contributed by atoms with Crippen molar-refractivity contribution in [3.05, 3.63) is 45.8 Å². The number of rotatable bonds is 11. The predicted octanol–water partition coefficient (Wildman–Crippen LogP) is 10.3. The lowest BCUT2D eigenvalue weighted by atomic mass is 9.71. The summed E-state index contributed by atoms with van der Waals surface area (Å²) in [6.07, 6.45) is 13.2. The van der Waals surface area contributed by atoms with E-state index in [1.54, 1.807) is 16.0 Å². The number of nitrogens with zero attached hydrogens (tertiary/aromatic N) is 2. The number of hydrogen-bond donors (Lipinski definition) is 0. The van der Waals surface area contributed by atoms with Gasteiger partial charge in [-0.3, -0.25) is 0 Å². The van der Waals surface area contributed by atoms with Crippen LogP contribution in [0.15, 0.2) is 24.3 Å². The fourth-order valence-electron chi connectivity index (χ4n) is 5.79. The molecule has 0 unspecified atom stereocenters. The van der Waals surface area contributed by atoms with Crippen molar-refractivity contribution in [3.8, 4) is 20.2 Å². The third kappa shape index (κ3) is 4.18. The maximum absolute atomic E-state index is 4.70. The van der Waals surface area contributed by atoms with Gasteiger partial charge in [-0.05, 0) is 55.5 Å². The van der Waals surface area contributed by atoms with E-state index >= 15 is 0 Å². The number of benzene rings is 1. The van der Waals surface area contributed by atoms with E-state index in [0.29, 0.717) is 0 Å². The van der Waals surface area contributed by atoms with Crippen LogP contribution in [0.5, 0.6) is 0 Å². The molecular weight excluding hydrogens is 473 g/mol. The van der Waals surface area contributed by atoms with Crippen molar-refractivity contribution < 1.29 is 0 Å². The van der Waals surface area contributed by atoms with Gasteiger partial charge in [0, 0.05) is 30.5 Å². The van der Waals surface area contributed by atoms with Crippen LogP contribution in [0.4, 0.5) is 0 Å². The first-order valence-corrected chi connectivity index (χ1v) is 15.4. The van der Waals surface area contributed by atoms with Gasteiger partial charge in [0.1, 0.15) is 11.0 Å². The molecule has 1 aliphatic carbocycles. The Balaban J connectivity index is 1.60. The molecular formula is C29H36N2S3. The standard InChI is InChI=1S/C29H36N2S3/c1-5-7-9-11-15-29(16-12-10-8-6-2)22-17-20(4)32-27(22)28-23(29)18-24(33-28)21-14-13-19(3)25-26(21)31-34-30-25/h13-14,17-18H,5-12,15-16H2,1-4H3. The van der Waals surface area contributed by atoms with Crippen molar-refractivity contribution in [1.82, 2.24) is 8.75 Å². The molecule has 0 atom stereocenters. The zero-order valence-electron chi connectivity index (χ0n) is 21.0. The molecule has 180 valence electrons. The lowest BCUT2D eigenvalue weighted by Gasteiger charge is -2.31. The summed E-state index contributed by atoms with van der Waals surface area (Å²) in [7, 11) is 0. The van der Waals surface area contributed by atoms with Gasteiger partial charge in [-0.15, -0.1) is 22.7 Å². The summed E-state index contributed by atoms with van der Waals surface area (Å²) in [5.41, 5.74) is 8.05. The number of hydrogen-bond acceptors (Lipinski definition) is 5. The summed E-state index contributed by atoms with van der Waals surface area (Å²) in [5.74, 6) is 0. The molecule has 0 aliphatic heterocycles. The molecule has 5 rings (SSSR count). The summed E-state index contributed by atoms with van der Waals surface area (Å²) in [5, 5.41) is 0. The molecule has 0 saturated heterocycles. The first-order valence-electron chi connectivity index (χ1n) is 13.1. The SMILES string of the molecule is CCCCCCC1(CCCCCC)c2cc(C)sc2-c2sc(-c3ccc(C)c4nsnc34)cc21. The molecule has 1 aliphatic rings. The topological polar surface area (TPSA) is 25.8 Å². The quantitative estimate of drug-likeness (QED) is 0.188. The van der Waals surface area contributed by atoms with Crippen LogP contribution in [0, 0.1) is 13.8 Å². The van der Waals surface area contributed by atoms with Crippen LogP contribution in [0.25, 0.3) is 31.2 Å². The Hall–Kier alpha value is -1.56. The molecule has 2 nitrogen and oxygen atoms in total. The van der Waals surface area contributed by atoms with E-state index in [1.165, 1.54) is 102 Å². The highest BCUT2D eigenvalue weighted by molar-refractivity contribution is 7.24. The van der Waals surface area contributed by atoms with E-state index in [9.17, 15) is 0 Å². The molecule has 3 aromatic heterocycles. The van der Waals surface area contributed by atoms with E-state index in [4.69, 9.17) is 4.37 Å². The molecule has 4 aromatic rings. The molecule has 0 bridgehead atoms. The minimum absolute atomic E-state index is 0.190. The van der Waals surface area contributed by atoms with E-state index < -0.39 is 0 Å². The van der Waals surface area contributed by atoms with Crippen molar-refractivity contribution in [3.63, 3.8) is 0 Å². The highest BCUT2D eigenvalue weighted by Gasteiger charge is 2.45. The maximum Gasteiger partial charge on any atom is 0.113 e. The van der Waals surface area contributed by atoms with E-state index in [0.717, 1.165) is 11.0 Å². The minimum Gasteiger partial charge on any atom is -0.173 e. The summed E-state index contributed by atoms with van der Waals surface area (Å²) in [6, 6.07) is 9.56. The lowest BCUT2D eigenvalue weighted by Crippen LogP contribution is -2.25. The fourth-order valence-corrected chi connectivity index (χ4v) is 8.96. The lowest BCUT2D eigenvalue weighted by molar-refractivity contribution is 0.402. The van der Waals surface area contributed by atoms with Gasteiger partial charge >= 0.3 is 0 Å². The molecule has 1 aromatic carbocycles. The number of unbranched alkanes of at least 4 members (excludes halogenated alkanes) is 6. The normalized spacial score (nSPS) is 14.1. The van der Waals surface area contributed by atoms with Crippen molar-refractivity contribution >= 4 is 45.4 Å². The fraction of sp³-hybridized carbons (Fsp3) is 0.517. The molecule has 5 heteroatoms. The number of aromatic nitrogens is 2. The zero-order valence-corrected chi connectivity index (χ0v) is 23.4. The Morgan fingerprint density at radius 3 is 2.09 bits per heavy atom. The Bertz CT molecular complexity index is 1260. The number of fused-ring (bicyclic) bond motifs is 4. The van der Waals surface area contributed by atoms with Gasteiger partial charge in [0.2, 0.25) is 0 Å². The molecule has 0 N–H and O–H groups in total. The van der Waals surface area contributed by atoms with Crippen LogP contribution in [0.2, 0.25) is 0 Å². The van der Waals surface area contributed by atoms with Crippen LogP contribution >= 0.6 is 34.4 Å². The second kappa shape index (κ2) is 10.2. The van der Waals surface area contributed by atoms with E-state index in [-0.39, 0.29) is 5.41 Å². The van der Waals surface area contributed by atoms with E-state index in [1.807, 2.05) is 22.7 Å². The minimum atomic E-state index is 0.190. The van der Waals surface area contributed by atoms with Gasteiger partial charge in [0.15, 0.2) is 0 Å². The number of thiophene rings is 2. The van der Waals surface area contributed by atoms with Crippen molar-refractivity contribution in [2.75, 3.05) is 0 Å². The second-order valence-corrected chi connectivity index (χ2v) is 12.9. The predicted molar refractivity (Wildman–Crippen MR) is 152 cm³/mol. The Kier molecular flexibility index (Phi) is 7.25. The van der Waals surface area contributed by atoms with Gasteiger partial charge in [-0.1, -0.05) is 77.3 Å². The summed E-state index contributed by atoms with van der Waals surface area (Å²) in [4.78, 5) is 5.91. The number of aryl methyl sites for hydroxylation is 2. The molecule has 0 amide bonds. The molecule has 3 heterocycles. The monoisotopic (exact) mass is 508 g/mol. The molecule has 0 spiro atoms. The molecule has 0 fully saturated rings. The molecule has 0 saturated carbocycles. The van der Waals surface area contributed by atoms with Gasteiger partial charge in [-0.2, -0.15) is 8.75 Å². The summed E-state index contributed by atoms with van der Waals surface area (Å²) in [6.45, 7) is 9.06. The first kappa shape index (κ1) is 24.1. The summed E-state index contributed by atoms with van der Waals surface area (Å²) < 4.78 is 9.29. The summed E-state index contributed by atoms with van der Waals surface area (Å²) >= 11 is 5.34. The Morgan fingerprint density at radius 1 is 0.735 bits per heavy atom. The van der Waals surface area contributed by atoms with Crippen molar-refractivity contribution in [1.29, 1.82) is 0 Å². The largest absolute Gasteiger partial charge is 0.173 e. The van der Waals surface area contributed by atoms with Crippen LogP contribution in [-0.2, 0) is 5.41 Å². The van der Waals surface area contributed by atoms with Gasteiger partial charge in [0.25, 0.3) is 0 Å². The van der Waals surface area contributed by atoms with Gasteiger partial charge in [0.05, 0.1) is 11.7 Å². The Labute approximate surface area is 216 Å². The molecule has 0 radical (unpaired) electrons. The smallest absolute Gasteiger partial charge is 0.113 e. The maximum atomic E-state index is 4.70. The van der Waals surface area contributed by atoms with Crippen molar-refractivity contribution in [2.45, 2.75) is 97.3 Å². The van der Waals surface area contributed by atoms with Gasteiger partial charge in [-0.25, -0.2) is 0 Å². The van der Waals surface area contributed by atoms with Crippen molar-refractivity contribution in [2.24, 2.45) is 0 Å². The highest BCUT2D eigenvalue weighted by Crippen LogP contribution is 2.60. The van der Waals surface area contributed by atoms with Crippen LogP contribution in [0.3, 0.4) is 0 Å². The average Bonchev–Trinajstić information content (AvgIpc) is 3.59. The second-order valence-electron chi connectivity index (χ2n) is 10.0. The third-order valence-electron chi connectivity index (χ3n) is 7.62. The third-order valence-corrected chi connectivity index (χ3v) is 10.5. The highest BCUT2D eigenvalue weighted by atomic mass is 32.1. The first-order chi connectivity index (χ1) is 16.6. The average molecular weight is 509 g/mol. The Morgan fingerprint density at radius 2 is 1.38 bits per heavy atom.